The Balaban J connectivity index is 1.60. The Bertz CT molecular complexity index is 831. The summed E-state index contributed by atoms with van der Waals surface area (Å²) in [6.45, 7) is 2.84. The summed E-state index contributed by atoms with van der Waals surface area (Å²) < 4.78 is 1.56. The molecular formula is C18H20Cl2N4O2. The van der Waals surface area contributed by atoms with Crippen molar-refractivity contribution in [2.24, 2.45) is 5.92 Å². The van der Waals surface area contributed by atoms with E-state index in [0.29, 0.717) is 35.9 Å². The van der Waals surface area contributed by atoms with Crippen molar-refractivity contribution >= 4 is 35.0 Å². The number of halogens is 2. The van der Waals surface area contributed by atoms with Crippen LogP contribution in [-0.4, -0.2) is 34.7 Å². The molecule has 26 heavy (non-hydrogen) atoms. The summed E-state index contributed by atoms with van der Waals surface area (Å²) in [6, 6.07) is 7.42. The van der Waals surface area contributed by atoms with E-state index in [-0.39, 0.29) is 22.9 Å². The Morgan fingerprint density at radius 2 is 1.88 bits per heavy atom. The molecule has 1 fully saturated rings. The monoisotopic (exact) mass is 394 g/mol. The molecule has 3 rings (SSSR count). The predicted molar refractivity (Wildman–Crippen MR) is 101 cm³/mol. The lowest BCUT2D eigenvalue weighted by Crippen LogP contribution is -2.35. The third-order valence-corrected chi connectivity index (χ3v) is 4.98. The fourth-order valence-corrected chi connectivity index (χ4v) is 3.16. The third kappa shape index (κ3) is 4.37. The van der Waals surface area contributed by atoms with E-state index in [4.69, 9.17) is 23.2 Å². The molecule has 138 valence electrons. The van der Waals surface area contributed by atoms with Crippen LogP contribution >= 0.6 is 23.2 Å². The van der Waals surface area contributed by atoms with E-state index < -0.39 is 0 Å². The first kappa shape index (κ1) is 18.7. The molecule has 1 aliphatic carbocycles. The molecule has 6 nitrogen and oxygen atoms in total. The summed E-state index contributed by atoms with van der Waals surface area (Å²) in [6.07, 6.45) is 1.91. The van der Waals surface area contributed by atoms with E-state index in [1.807, 2.05) is 18.2 Å². The lowest BCUT2D eigenvalue weighted by atomic mass is 10.2. The van der Waals surface area contributed by atoms with Gasteiger partial charge in [-0.25, -0.2) is 4.68 Å². The first-order chi connectivity index (χ1) is 12.5. The van der Waals surface area contributed by atoms with Gasteiger partial charge in [0, 0.05) is 24.0 Å². The number of nitrogens with zero attached hydrogens (tertiary/aromatic N) is 2. The van der Waals surface area contributed by atoms with Crippen molar-refractivity contribution < 1.29 is 9.59 Å². The van der Waals surface area contributed by atoms with Crippen LogP contribution in [-0.2, 0) is 11.3 Å². The molecule has 1 heterocycles. The zero-order chi connectivity index (χ0) is 18.7. The van der Waals surface area contributed by atoms with E-state index in [9.17, 15) is 9.59 Å². The van der Waals surface area contributed by atoms with Crippen molar-refractivity contribution in [3.63, 3.8) is 0 Å². The maximum Gasteiger partial charge on any atom is 0.256 e. The lowest BCUT2D eigenvalue weighted by Gasteiger charge is -2.07. The van der Waals surface area contributed by atoms with Crippen LogP contribution < -0.4 is 10.6 Å². The summed E-state index contributed by atoms with van der Waals surface area (Å²) in [5, 5.41) is 10.8. The van der Waals surface area contributed by atoms with Gasteiger partial charge in [0.15, 0.2) is 0 Å². The standard InChI is InChI=1S/C18H20Cl2N4O2/c1-11-15(18(26)22-9-8-21-17(25)12-6-7-12)16(20)24(23-11)10-13-4-2-3-5-14(13)19/h2-5,12H,6-10H2,1H3,(H,21,25)(H,22,26). The van der Waals surface area contributed by atoms with Crippen molar-refractivity contribution in [1.82, 2.24) is 20.4 Å². The van der Waals surface area contributed by atoms with Gasteiger partial charge in [-0.2, -0.15) is 5.10 Å². The Labute approximate surface area is 161 Å². The summed E-state index contributed by atoms with van der Waals surface area (Å²) >= 11 is 12.5. The number of aryl methyl sites for hydroxylation is 1. The molecule has 0 saturated heterocycles. The Hall–Kier alpha value is -2.05. The van der Waals surface area contributed by atoms with Crippen molar-refractivity contribution in [2.45, 2.75) is 26.3 Å². The van der Waals surface area contributed by atoms with Crippen molar-refractivity contribution in [2.75, 3.05) is 13.1 Å². The fraction of sp³-hybridized carbons (Fsp3) is 0.389. The van der Waals surface area contributed by atoms with Crippen LogP contribution in [0.3, 0.4) is 0 Å². The van der Waals surface area contributed by atoms with E-state index in [0.717, 1.165) is 18.4 Å². The minimum atomic E-state index is -0.307. The van der Waals surface area contributed by atoms with E-state index in [2.05, 4.69) is 15.7 Å². The van der Waals surface area contributed by atoms with Gasteiger partial charge in [0.1, 0.15) is 5.15 Å². The second-order valence-corrected chi connectivity index (χ2v) is 7.09. The van der Waals surface area contributed by atoms with E-state index in [1.165, 1.54) is 0 Å². The Morgan fingerprint density at radius 3 is 2.58 bits per heavy atom. The molecule has 2 amide bonds. The van der Waals surface area contributed by atoms with Crippen LogP contribution in [0.5, 0.6) is 0 Å². The molecule has 0 atom stereocenters. The zero-order valence-electron chi connectivity index (χ0n) is 14.4. The van der Waals surface area contributed by atoms with Gasteiger partial charge in [-0.3, -0.25) is 9.59 Å². The largest absolute Gasteiger partial charge is 0.354 e. The van der Waals surface area contributed by atoms with Crippen LogP contribution in [0.4, 0.5) is 0 Å². The smallest absolute Gasteiger partial charge is 0.256 e. The van der Waals surface area contributed by atoms with Crippen molar-refractivity contribution in [3.8, 4) is 0 Å². The predicted octanol–water partition coefficient (Wildman–Crippen LogP) is 2.80. The molecule has 2 N–H and O–H groups in total. The number of amides is 2. The number of nitrogens with one attached hydrogen (secondary N) is 2. The Morgan fingerprint density at radius 1 is 1.19 bits per heavy atom. The molecule has 0 spiro atoms. The van der Waals surface area contributed by atoms with Crippen LogP contribution in [0.1, 0.15) is 34.5 Å². The van der Waals surface area contributed by atoms with Gasteiger partial charge < -0.3 is 10.6 Å². The summed E-state index contributed by atoms with van der Waals surface area (Å²) in [7, 11) is 0. The van der Waals surface area contributed by atoms with Crippen molar-refractivity contribution in [1.29, 1.82) is 0 Å². The fourth-order valence-electron chi connectivity index (χ4n) is 2.64. The summed E-state index contributed by atoms with van der Waals surface area (Å²) in [5.74, 6) is -0.0926. The van der Waals surface area contributed by atoms with Gasteiger partial charge in [0.2, 0.25) is 5.91 Å². The normalized spacial score (nSPS) is 13.5. The quantitative estimate of drug-likeness (QED) is 0.708. The zero-order valence-corrected chi connectivity index (χ0v) is 15.9. The molecule has 1 aromatic heterocycles. The highest BCUT2D eigenvalue weighted by Crippen LogP contribution is 2.28. The topological polar surface area (TPSA) is 76.0 Å². The average Bonchev–Trinajstić information content (AvgIpc) is 3.41. The second-order valence-electron chi connectivity index (χ2n) is 6.32. The first-order valence-corrected chi connectivity index (χ1v) is 9.25. The molecule has 1 aliphatic rings. The molecular weight excluding hydrogens is 375 g/mol. The minimum Gasteiger partial charge on any atom is -0.354 e. The van der Waals surface area contributed by atoms with Gasteiger partial charge in [0.25, 0.3) is 5.91 Å². The van der Waals surface area contributed by atoms with Crippen LogP contribution in [0.2, 0.25) is 10.2 Å². The molecule has 0 radical (unpaired) electrons. The third-order valence-electron chi connectivity index (χ3n) is 4.23. The molecule has 1 aromatic carbocycles. The van der Waals surface area contributed by atoms with Gasteiger partial charge in [-0.15, -0.1) is 0 Å². The number of benzene rings is 1. The highest BCUT2D eigenvalue weighted by molar-refractivity contribution is 6.33. The van der Waals surface area contributed by atoms with Gasteiger partial charge >= 0.3 is 0 Å². The number of hydrogen-bond donors (Lipinski definition) is 2. The molecule has 2 aromatic rings. The lowest BCUT2D eigenvalue weighted by molar-refractivity contribution is -0.122. The minimum absolute atomic E-state index is 0.0565. The van der Waals surface area contributed by atoms with Crippen molar-refractivity contribution in [3.05, 3.63) is 51.3 Å². The molecule has 0 aliphatic heterocycles. The van der Waals surface area contributed by atoms with Crippen LogP contribution in [0.25, 0.3) is 0 Å². The number of carbonyl (C=O) groups excluding carboxylic acids is 2. The van der Waals surface area contributed by atoms with E-state index in [1.54, 1.807) is 17.7 Å². The summed E-state index contributed by atoms with van der Waals surface area (Å²) in [5.41, 5.74) is 1.75. The van der Waals surface area contributed by atoms with Gasteiger partial charge in [-0.1, -0.05) is 41.4 Å². The number of rotatable bonds is 7. The molecule has 0 unspecified atom stereocenters. The first-order valence-electron chi connectivity index (χ1n) is 8.49. The maximum absolute atomic E-state index is 12.4. The van der Waals surface area contributed by atoms with Crippen LogP contribution in [0, 0.1) is 12.8 Å². The molecule has 0 bridgehead atoms. The SMILES string of the molecule is Cc1nn(Cc2ccccc2Cl)c(Cl)c1C(=O)NCCNC(=O)C1CC1. The van der Waals surface area contributed by atoms with Gasteiger partial charge in [-0.05, 0) is 31.4 Å². The number of aromatic nitrogens is 2. The van der Waals surface area contributed by atoms with Crippen LogP contribution in [0.15, 0.2) is 24.3 Å². The summed E-state index contributed by atoms with van der Waals surface area (Å²) in [4.78, 5) is 24.0. The average molecular weight is 395 g/mol. The molecule has 1 saturated carbocycles. The maximum atomic E-state index is 12.4. The number of hydrogen-bond acceptors (Lipinski definition) is 3. The second kappa shape index (κ2) is 8.10. The van der Waals surface area contributed by atoms with E-state index >= 15 is 0 Å². The highest BCUT2D eigenvalue weighted by atomic mass is 35.5. The highest BCUT2D eigenvalue weighted by Gasteiger charge is 2.29. The number of carbonyl (C=O) groups is 2. The Kier molecular flexibility index (Phi) is 5.84. The van der Waals surface area contributed by atoms with Gasteiger partial charge in [0.05, 0.1) is 17.8 Å². The molecule has 8 heteroatoms.